The smallest absolute Gasteiger partial charge is 0.236 e. The maximum absolute atomic E-state index is 12.0. The molecule has 1 amide bonds. The van der Waals surface area contributed by atoms with Crippen LogP contribution in [0, 0.1) is 5.41 Å². The number of hydrogen-bond acceptors (Lipinski definition) is 2. The molecule has 1 fully saturated rings. The van der Waals surface area contributed by atoms with Gasteiger partial charge in [-0.15, -0.1) is 0 Å². The molecule has 17 heavy (non-hydrogen) atoms. The molecule has 1 rings (SSSR count). The van der Waals surface area contributed by atoms with E-state index in [2.05, 4.69) is 33.0 Å². The number of amides is 1. The molecule has 0 radical (unpaired) electrons. The summed E-state index contributed by atoms with van der Waals surface area (Å²) in [6, 6.07) is 0.435. The molecule has 1 unspecified atom stereocenters. The van der Waals surface area contributed by atoms with E-state index in [1.165, 1.54) is 6.42 Å². The first-order valence-corrected chi connectivity index (χ1v) is 7.02. The highest BCUT2D eigenvalue weighted by Crippen LogP contribution is 2.33. The van der Waals surface area contributed by atoms with Crippen LogP contribution >= 0.6 is 0 Å². The Morgan fingerprint density at radius 3 is 2.41 bits per heavy atom. The van der Waals surface area contributed by atoms with E-state index in [-0.39, 0.29) is 5.91 Å². The highest BCUT2D eigenvalue weighted by atomic mass is 16.2. The molecule has 100 valence electrons. The van der Waals surface area contributed by atoms with Gasteiger partial charge in [0.2, 0.25) is 5.91 Å². The minimum absolute atomic E-state index is 0.267. The van der Waals surface area contributed by atoms with E-state index < -0.39 is 0 Å². The summed E-state index contributed by atoms with van der Waals surface area (Å²) in [6.07, 6.45) is 4.60. The Balaban J connectivity index is 2.31. The summed E-state index contributed by atoms with van der Waals surface area (Å²) in [4.78, 5) is 14.0. The van der Waals surface area contributed by atoms with Crippen molar-refractivity contribution in [2.24, 2.45) is 5.41 Å². The highest BCUT2D eigenvalue weighted by Gasteiger charge is 2.29. The van der Waals surface area contributed by atoms with Gasteiger partial charge in [0.25, 0.3) is 0 Å². The molecule has 1 aliphatic rings. The lowest BCUT2D eigenvalue weighted by molar-refractivity contribution is -0.132. The molecule has 0 saturated carbocycles. The minimum atomic E-state index is 0.267. The molecular weight excluding hydrogens is 212 g/mol. The molecule has 1 aliphatic heterocycles. The molecule has 0 aromatic rings. The van der Waals surface area contributed by atoms with E-state index in [9.17, 15) is 4.79 Å². The molecule has 0 bridgehead atoms. The Hall–Kier alpha value is -0.570. The lowest BCUT2D eigenvalue weighted by Crippen LogP contribution is -2.46. The topological polar surface area (TPSA) is 32.3 Å². The second kappa shape index (κ2) is 6.39. The van der Waals surface area contributed by atoms with Gasteiger partial charge in [-0.3, -0.25) is 4.79 Å². The largest absolute Gasteiger partial charge is 0.342 e. The molecule has 0 aliphatic carbocycles. The standard InChI is InChI=1S/C14H28N2O/c1-5-12(3)15-11-13(17)16-9-7-14(4,6-2)8-10-16/h12,15H,5-11H2,1-4H3. The van der Waals surface area contributed by atoms with Crippen LogP contribution in [-0.2, 0) is 4.79 Å². The molecular formula is C14H28N2O. The van der Waals surface area contributed by atoms with Crippen molar-refractivity contribution < 1.29 is 4.79 Å². The number of rotatable bonds is 5. The van der Waals surface area contributed by atoms with Crippen molar-refractivity contribution in [3.8, 4) is 0 Å². The van der Waals surface area contributed by atoms with E-state index in [4.69, 9.17) is 0 Å². The van der Waals surface area contributed by atoms with E-state index in [1.54, 1.807) is 0 Å². The van der Waals surface area contributed by atoms with Gasteiger partial charge < -0.3 is 10.2 Å². The third kappa shape index (κ3) is 4.30. The maximum atomic E-state index is 12.0. The minimum Gasteiger partial charge on any atom is -0.342 e. The molecule has 1 saturated heterocycles. The fourth-order valence-electron chi connectivity index (χ4n) is 2.17. The maximum Gasteiger partial charge on any atom is 0.236 e. The van der Waals surface area contributed by atoms with Gasteiger partial charge in [0.05, 0.1) is 6.54 Å². The Bertz CT molecular complexity index is 245. The van der Waals surface area contributed by atoms with Crippen molar-refractivity contribution >= 4 is 5.91 Å². The molecule has 0 spiro atoms. The van der Waals surface area contributed by atoms with Crippen LogP contribution in [-0.4, -0.2) is 36.5 Å². The second-order valence-corrected chi connectivity index (χ2v) is 5.74. The molecule has 3 heteroatoms. The van der Waals surface area contributed by atoms with Crippen molar-refractivity contribution in [3.05, 3.63) is 0 Å². The number of nitrogens with one attached hydrogen (secondary N) is 1. The van der Waals surface area contributed by atoms with Gasteiger partial charge in [0.15, 0.2) is 0 Å². The van der Waals surface area contributed by atoms with Crippen LogP contribution in [0.5, 0.6) is 0 Å². The van der Waals surface area contributed by atoms with Crippen molar-refractivity contribution in [1.82, 2.24) is 10.2 Å². The van der Waals surface area contributed by atoms with Gasteiger partial charge in [-0.25, -0.2) is 0 Å². The zero-order valence-corrected chi connectivity index (χ0v) is 11.9. The van der Waals surface area contributed by atoms with E-state index in [0.29, 0.717) is 18.0 Å². The predicted octanol–water partition coefficient (Wildman–Crippen LogP) is 2.41. The van der Waals surface area contributed by atoms with Crippen LogP contribution in [0.2, 0.25) is 0 Å². The van der Waals surface area contributed by atoms with Crippen LogP contribution in [0.15, 0.2) is 0 Å². The summed E-state index contributed by atoms with van der Waals surface area (Å²) in [7, 11) is 0. The first kappa shape index (κ1) is 14.5. The monoisotopic (exact) mass is 240 g/mol. The number of nitrogens with zero attached hydrogens (tertiary/aromatic N) is 1. The fourth-order valence-corrected chi connectivity index (χ4v) is 2.17. The quantitative estimate of drug-likeness (QED) is 0.800. The summed E-state index contributed by atoms with van der Waals surface area (Å²) in [5.41, 5.74) is 0.459. The Kier molecular flexibility index (Phi) is 5.44. The Morgan fingerprint density at radius 2 is 1.94 bits per heavy atom. The van der Waals surface area contributed by atoms with Gasteiger partial charge in [0.1, 0.15) is 0 Å². The van der Waals surface area contributed by atoms with Gasteiger partial charge in [0, 0.05) is 19.1 Å². The summed E-state index contributed by atoms with van der Waals surface area (Å²) in [5, 5.41) is 3.27. The van der Waals surface area contributed by atoms with Crippen molar-refractivity contribution in [2.45, 2.75) is 59.4 Å². The second-order valence-electron chi connectivity index (χ2n) is 5.74. The van der Waals surface area contributed by atoms with Gasteiger partial charge in [-0.05, 0) is 31.6 Å². The van der Waals surface area contributed by atoms with E-state index in [0.717, 1.165) is 32.4 Å². The van der Waals surface area contributed by atoms with Crippen LogP contribution in [0.3, 0.4) is 0 Å². The SMILES string of the molecule is CCC(C)NCC(=O)N1CCC(C)(CC)CC1. The average molecular weight is 240 g/mol. The Labute approximate surface area is 106 Å². The van der Waals surface area contributed by atoms with Crippen molar-refractivity contribution in [2.75, 3.05) is 19.6 Å². The van der Waals surface area contributed by atoms with Crippen LogP contribution in [0.4, 0.5) is 0 Å². The number of carbonyl (C=O) groups is 1. The summed E-state index contributed by atoms with van der Waals surface area (Å²) in [6.45, 7) is 11.2. The number of piperidine rings is 1. The fraction of sp³-hybridized carbons (Fsp3) is 0.929. The molecule has 1 atom stereocenters. The predicted molar refractivity (Wildman–Crippen MR) is 72.0 cm³/mol. The molecule has 0 aromatic carbocycles. The lowest BCUT2D eigenvalue weighted by Gasteiger charge is -2.39. The van der Waals surface area contributed by atoms with Crippen LogP contribution < -0.4 is 5.32 Å². The zero-order chi connectivity index (χ0) is 12.9. The molecule has 0 aromatic heterocycles. The van der Waals surface area contributed by atoms with Crippen LogP contribution in [0.1, 0.15) is 53.4 Å². The molecule has 3 nitrogen and oxygen atoms in total. The number of hydrogen-bond donors (Lipinski definition) is 1. The van der Waals surface area contributed by atoms with Crippen LogP contribution in [0.25, 0.3) is 0 Å². The van der Waals surface area contributed by atoms with E-state index in [1.807, 2.05) is 4.90 Å². The third-order valence-electron chi connectivity index (χ3n) is 4.39. The van der Waals surface area contributed by atoms with Gasteiger partial charge >= 0.3 is 0 Å². The number of likely N-dealkylation sites (tertiary alicyclic amines) is 1. The first-order chi connectivity index (χ1) is 8.00. The zero-order valence-electron chi connectivity index (χ0n) is 11.9. The third-order valence-corrected chi connectivity index (χ3v) is 4.39. The Morgan fingerprint density at radius 1 is 1.35 bits per heavy atom. The van der Waals surface area contributed by atoms with Crippen molar-refractivity contribution in [3.63, 3.8) is 0 Å². The first-order valence-electron chi connectivity index (χ1n) is 7.02. The average Bonchev–Trinajstić information content (AvgIpc) is 2.36. The highest BCUT2D eigenvalue weighted by molar-refractivity contribution is 5.78. The number of carbonyl (C=O) groups excluding carboxylic acids is 1. The normalized spacial score (nSPS) is 21.3. The molecule has 1 N–H and O–H groups in total. The van der Waals surface area contributed by atoms with Gasteiger partial charge in [-0.2, -0.15) is 0 Å². The lowest BCUT2D eigenvalue weighted by atomic mass is 9.78. The van der Waals surface area contributed by atoms with Crippen molar-refractivity contribution in [1.29, 1.82) is 0 Å². The van der Waals surface area contributed by atoms with E-state index >= 15 is 0 Å². The summed E-state index contributed by atoms with van der Waals surface area (Å²) >= 11 is 0. The summed E-state index contributed by atoms with van der Waals surface area (Å²) in [5.74, 6) is 0.267. The summed E-state index contributed by atoms with van der Waals surface area (Å²) < 4.78 is 0. The molecule has 1 heterocycles. The van der Waals surface area contributed by atoms with Gasteiger partial charge in [-0.1, -0.05) is 27.2 Å².